The number of nitrogens with one attached hydrogen (secondary N) is 1. The van der Waals surface area contributed by atoms with Crippen LogP contribution in [0.5, 0.6) is 0 Å². The van der Waals surface area contributed by atoms with E-state index in [1.54, 1.807) is 12.1 Å². The first-order chi connectivity index (χ1) is 9.72. The molecule has 1 amide bonds. The van der Waals surface area contributed by atoms with Crippen LogP contribution in [0.3, 0.4) is 0 Å². The van der Waals surface area contributed by atoms with Crippen LogP contribution in [0.1, 0.15) is 5.56 Å². The highest BCUT2D eigenvalue weighted by Crippen LogP contribution is 2.12. The second-order valence-electron chi connectivity index (χ2n) is 4.33. The maximum absolute atomic E-state index is 12.0. The number of nitrogens with zero attached hydrogens (tertiary/aromatic N) is 3. The maximum atomic E-state index is 12.0. The van der Waals surface area contributed by atoms with E-state index in [1.165, 1.54) is 4.79 Å². The molecule has 0 spiro atoms. The molecule has 0 fully saturated rings. The highest BCUT2D eigenvalue weighted by molar-refractivity contribution is 6.30. The molecule has 1 N–H and O–H groups in total. The van der Waals surface area contributed by atoms with Gasteiger partial charge in [-0.15, -0.1) is 5.10 Å². The Morgan fingerprint density at radius 1 is 1.20 bits per heavy atom. The van der Waals surface area contributed by atoms with Gasteiger partial charge in [-0.1, -0.05) is 35.9 Å². The van der Waals surface area contributed by atoms with Gasteiger partial charge in [-0.3, -0.25) is 4.79 Å². The number of hydrogen-bond donors (Lipinski definition) is 1. The number of para-hydroxylation sites is 1. The quantitative estimate of drug-likeness (QED) is 0.804. The van der Waals surface area contributed by atoms with Crippen molar-refractivity contribution in [3.05, 3.63) is 59.1 Å². The SMILES string of the molecule is O=C(Cc1cccc(Cl)c1)Nn1nnc2ccccc21. The van der Waals surface area contributed by atoms with Crippen LogP contribution in [-0.2, 0) is 11.2 Å². The van der Waals surface area contributed by atoms with Crippen LogP contribution in [0, 0.1) is 0 Å². The van der Waals surface area contributed by atoms with Gasteiger partial charge in [0, 0.05) is 5.02 Å². The van der Waals surface area contributed by atoms with Crippen molar-refractivity contribution in [2.24, 2.45) is 0 Å². The molecule has 0 unspecified atom stereocenters. The van der Waals surface area contributed by atoms with Gasteiger partial charge in [0.05, 0.1) is 6.42 Å². The third-order valence-electron chi connectivity index (χ3n) is 2.84. The molecule has 20 heavy (non-hydrogen) atoms. The smallest absolute Gasteiger partial charge is 0.244 e. The molecular formula is C14H11ClN4O. The molecular weight excluding hydrogens is 276 g/mol. The van der Waals surface area contributed by atoms with Gasteiger partial charge in [0.2, 0.25) is 5.91 Å². The van der Waals surface area contributed by atoms with Gasteiger partial charge in [0.25, 0.3) is 0 Å². The number of fused-ring (bicyclic) bond motifs is 1. The van der Waals surface area contributed by atoms with E-state index in [0.29, 0.717) is 5.02 Å². The van der Waals surface area contributed by atoms with E-state index in [1.807, 2.05) is 36.4 Å². The fourth-order valence-corrected chi connectivity index (χ4v) is 2.15. The summed E-state index contributed by atoms with van der Waals surface area (Å²) in [5, 5.41) is 8.49. The Morgan fingerprint density at radius 3 is 2.90 bits per heavy atom. The average molecular weight is 287 g/mol. The molecule has 0 aliphatic rings. The number of amides is 1. The van der Waals surface area contributed by atoms with Crippen molar-refractivity contribution in [1.82, 2.24) is 15.1 Å². The lowest BCUT2D eigenvalue weighted by atomic mass is 10.1. The van der Waals surface area contributed by atoms with Crippen LogP contribution in [0.15, 0.2) is 48.5 Å². The van der Waals surface area contributed by atoms with E-state index >= 15 is 0 Å². The Balaban J connectivity index is 1.76. The van der Waals surface area contributed by atoms with E-state index in [-0.39, 0.29) is 12.3 Å². The number of carbonyl (C=O) groups excluding carboxylic acids is 1. The van der Waals surface area contributed by atoms with Crippen LogP contribution in [0.25, 0.3) is 11.0 Å². The third kappa shape index (κ3) is 2.62. The number of halogens is 1. The molecule has 0 saturated heterocycles. The van der Waals surface area contributed by atoms with Crippen molar-refractivity contribution in [2.75, 3.05) is 5.43 Å². The van der Waals surface area contributed by atoms with Crippen LogP contribution >= 0.6 is 11.6 Å². The van der Waals surface area contributed by atoms with Crippen molar-refractivity contribution >= 4 is 28.5 Å². The predicted molar refractivity (Wildman–Crippen MR) is 77.1 cm³/mol. The number of rotatable bonds is 3. The monoisotopic (exact) mass is 286 g/mol. The lowest BCUT2D eigenvalue weighted by Crippen LogP contribution is -2.25. The number of carbonyl (C=O) groups is 1. The van der Waals surface area contributed by atoms with Crippen LogP contribution in [0.2, 0.25) is 5.02 Å². The van der Waals surface area contributed by atoms with Gasteiger partial charge in [-0.05, 0) is 35.0 Å². The van der Waals surface area contributed by atoms with Crippen molar-refractivity contribution < 1.29 is 4.79 Å². The summed E-state index contributed by atoms with van der Waals surface area (Å²) in [4.78, 5) is 13.4. The van der Waals surface area contributed by atoms with E-state index in [0.717, 1.165) is 16.6 Å². The minimum absolute atomic E-state index is 0.178. The summed E-state index contributed by atoms with van der Waals surface area (Å²) in [7, 11) is 0. The number of benzene rings is 2. The Hall–Kier alpha value is -2.40. The first kappa shape index (κ1) is 12.6. The van der Waals surface area contributed by atoms with E-state index < -0.39 is 0 Å². The second kappa shape index (κ2) is 5.30. The topological polar surface area (TPSA) is 59.8 Å². The van der Waals surface area contributed by atoms with Crippen LogP contribution < -0.4 is 5.43 Å². The van der Waals surface area contributed by atoms with Crippen molar-refractivity contribution in [3.8, 4) is 0 Å². The predicted octanol–water partition coefficient (Wildman–Crippen LogP) is 2.40. The third-order valence-corrected chi connectivity index (χ3v) is 3.07. The molecule has 0 aliphatic heterocycles. The molecule has 100 valence electrons. The summed E-state index contributed by atoms with van der Waals surface area (Å²) in [5.74, 6) is -0.178. The number of hydrogen-bond acceptors (Lipinski definition) is 3. The summed E-state index contributed by atoms with van der Waals surface area (Å²) >= 11 is 5.89. The summed E-state index contributed by atoms with van der Waals surface area (Å²) in [6.45, 7) is 0. The summed E-state index contributed by atoms with van der Waals surface area (Å²) < 4.78 is 0. The van der Waals surface area contributed by atoms with Gasteiger partial charge < -0.3 is 0 Å². The second-order valence-corrected chi connectivity index (χ2v) is 4.77. The fraction of sp³-hybridized carbons (Fsp3) is 0.0714. The fourth-order valence-electron chi connectivity index (χ4n) is 1.94. The lowest BCUT2D eigenvalue weighted by molar-refractivity contribution is -0.116. The van der Waals surface area contributed by atoms with E-state index in [9.17, 15) is 4.79 Å². The molecule has 0 aliphatic carbocycles. The molecule has 0 atom stereocenters. The molecule has 0 bridgehead atoms. The summed E-state index contributed by atoms with van der Waals surface area (Å²) in [6, 6.07) is 14.6. The molecule has 1 aromatic heterocycles. The van der Waals surface area contributed by atoms with Gasteiger partial charge >= 0.3 is 0 Å². The lowest BCUT2D eigenvalue weighted by Gasteiger charge is -2.05. The van der Waals surface area contributed by atoms with Crippen molar-refractivity contribution in [1.29, 1.82) is 0 Å². The van der Waals surface area contributed by atoms with E-state index in [2.05, 4.69) is 15.7 Å². The molecule has 3 aromatic rings. The molecule has 2 aromatic carbocycles. The van der Waals surface area contributed by atoms with Gasteiger partial charge in [0.1, 0.15) is 11.0 Å². The highest BCUT2D eigenvalue weighted by atomic mass is 35.5. The zero-order valence-electron chi connectivity index (χ0n) is 10.5. The zero-order valence-corrected chi connectivity index (χ0v) is 11.2. The maximum Gasteiger partial charge on any atom is 0.244 e. The largest absolute Gasteiger partial charge is 0.273 e. The highest BCUT2D eigenvalue weighted by Gasteiger charge is 2.08. The number of aromatic nitrogens is 3. The molecule has 0 radical (unpaired) electrons. The summed E-state index contributed by atoms with van der Waals surface area (Å²) in [6.07, 6.45) is 0.231. The minimum Gasteiger partial charge on any atom is -0.273 e. The standard InChI is InChI=1S/C14H11ClN4O/c15-11-5-3-4-10(8-11)9-14(20)17-19-13-7-2-1-6-12(13)16-18-19/h1-8H,9H2,(H,17,20). The molecule has 1 heterocycles. The average Bonchev–Trinajstić information content (AvgIpc) is 2.82. The Bertz CT molecular complexity index is 768. The van der Waals surface area contributed by atoms with Crippen molar-refractivity contribution in [2.45, 2.75) is 6.42 Å². The molecule has 3 rings (SSSR count). The molecule has 6 heteroatoms. The summed E-state index contributed by atoms with van der Waals surface area (Å²) in [5.41, 5.74) is 5.03. The van der Waals surface area contributed by atoms with Crippen LogP contribution in [-0.4, -0.2) is 21.0 Å². The van der Waals surface area contributed by atoms with Crippen LogP contribution in [0.4, 0.5) is 0 Å². The molecule has 5 nitrogen and oxygen atoms in total. The molecule has 0 saturated carbocycles. The normalized spacial score (nSPS) is 10.7. The van der Waals surface area contributed by atoms with Gasteiger partial charge in [-0.2, -0.15) is 4.79 Å². The Kier molecular flexibility index (Phi) is 3.35. The first-order valence-electron chi connectivity index (χ1n) is 6.07. The van der Waals surface area contributed by atoms with Gasteiger partial charge in [-0.25, -0.2) is 5.43 Å². The Labute approximate surface area is 120 Å². The van der Waals surface area contributed by atoms with Crippen molar-refractivity contribution in [3.63, 3.8) is 0 Å². The minimum atomic E-state index is -0.178. The Morgan fingerprint density at radius 2 is 2.05 bits per heavy atom. The first-order valence-corrected chi connectivity index (χ1v) is 6.45. The van der Waals surface area contributed by atoms with Gasteiger partial charge in [0.15, 0.2) is 0 Å². The zero-order chi connectivity index (χ0) is 13.9. The van der Waals surface area contributed by atoms with E-state index in [4.69, 9.17) is 11.6 Å².